The second kappa shape index (κ2) is 7.08. The first-order valence-corrected chi connectivity index (χ1v) is 8.93. The molecule has 4 nitrogen and oxygen atoms in total. The second-order valence-electron chi connectivity index (χ2n) is 6.57. The number of fused-ring (bicyclic) bond motifs is 1. The highest BCUT2D eigenvalue weighted by Crippen LogP contribution is 2.24. The number of hydrogen-bond acceptors (Lipinski definition) is 4. The molecule has 2 aromatic carbocycles. The van der Waals surface area contributed by atoms with Gasteiger partial charge in [0.05, 0.1) is 5.56 Å². The molecule has 1 aromatic heterocycles. The van der Waals surface area contributed by atoms with E-state index in [1.54, 1.807) is 0 Å². The first kappa shape index (κ1) is 17.0. The third-order valence-electron chi connectivity index (χ3n) is 4.83. The number of benzene rings is 2. The Labute approximate surface area is 157 Å². The Morgan fingerprint density at radius 2 is 1.48 bits per heavy atom. The Balaban J connectivity index is 1.55. The second-order valence-corrected chi connectivity index (χ2v) is 6.57. The summed E-state index contributed by atoms with van der Waals surface area (Å²) in [5.74, 6) is -0.418. The zero-order valence-electron chi connectivity index (χ0n) is 15.0. The Hall–Kier alpha value is -3.40. The average molecular weight is 354 g/mol. The van der Waals surface area contributed by atoms with E-state index in [2.05, 4.69) is 41.2 Å². The highest BCUT2D eigenvalue weighted by Gasteiger charge is 2.26. The summed E-state index contributed by atoms with van der Waals surface area (Å²) in [6.45, 7) is 2.14. The van der Waals surface area contributed by atoms with Crippen LogP contribution < -0.4 is 0 Å². The van der Waals surface area contributed by atoms with Gasteiger partial charge in [0.2, 0.25) is 5.78 Å². The SMILES string of the molecule is CCc1ccc(-c2ccc(CC3=CC(=O)c4ncncc4C3=O)cc2)cc1. The summed E-state index contributed by atoms with van der Waals surface area (Å²) in [6.07, 6.45) is 5.53. The summed E-state index contributed by atoms with van der Waals surface area (Å²) in [6, 6.07) is 16.6. The van der Waals surface area contributed by atoms with Crippen molar-refractivity contribution in [3.63, 3.8) is 0 Å². The van der Waals surface area contributed by atoms with Gasteiger partial charge >= 0.3 is 0 Å². The molecular formula is C23H18N2O2. The zero-order chi connectivity index (χ0) is 18.8. The summed E-state index contributed by atoms with van der Waals surface area (Å²) in [5, 5.41) is 0. The molecule has 3 aromatic rings. The molecule has 1 aliphatic rings. The zero-order valence-corrected chi connectivity index (χ0v) is 15.0. The maximum atomic E-state index is 12.6. The molecule has 0 atom stereocenters. The van der Waals surface area contributed by atoms with Crippen LogP contribution in [0.1, 0.15) is 38.9 Å². The van der Waals surface area contributed by atoms with Crippen molar-refractivity contribution in [3.05, 3.63) is 95.1 Å². The van der Waals surface area contributed by atoms with E-state index in [0.29, 0.717) is 12.0 Å². The summed E-state index contributed by atoms with van der Waals surface area (Å²) < 4.78 is 0. The van der Waals surface area contributed by atoms with Crippen LogP contribution in [0.2, 0.25) is 0 Å². The number of carbonyl (C=O) groups excluding carboxylic acids is 2. The highest BCUT2D eigenvalue weighted by molar-refractivity contribution is 6.23. The number of aromatic nitrogens is 2. The van der Waals surface area contributed by atoms with E-state index in [1.807, 2.05) is 24.3 Å². The Morgan fingerprint density at radius 1 is 0.852 bits per heavy atom. The van der Waals surface area contributed by atoms with Crippen LogP contribution in [0, 0.1) is 0 Å². The molecule has 0 spiro atoms. The molecule has 0 unspecified atom stereocenters. The molecule has 0 saturated carbocycles. The molecule has 0 bridgehead atoms. The number of nitrogens with zero attached hydrogens (tertiary/aromatic N) is 2. The molecule has 4 heteroatoms. The fourth-order valence-electron chi connectivity index (χ4n) is 3.26. The third kappa shape index (κ3) is 3.34. The quantitative estimate of drug-likeness (QED) is 0.703. The number of allylic oxidation sites excluding steroid dienone is 2. The Kier molecular flexibility index (Phi) is 4.47. The number of Topliss-reactive ketones (excluding diaryl/α,β-unsaturated/α-hetero) is 1. The summed E-state index contributed by atoms with van der Waals surface area (Å²) in [7, 11) is 0. The Morgan fingerprint density at radius 3 is 2.11 bits per heavy atom. The molecule has 0 saturated heterocycles. The van der Waals surface area contributed by atoms with Crippen molar-refractivity contribution >= 4 is 11.6 Å². The van der Waals surface area contributed by atoms with Crippen molar-refractivity contribution in [2.75, 3.05) is 0 Å². The minimum absolute atomic E-state index is 0.176. The van der Waals surface area contributed by atoms with E-state index in [0.717, 1.165) is 23.1 Å². The van der Waals surface area contributed by atoms with Crippen molar-refractivity contribution in [3.8, 4) is 11.1 Å². The maximum Gasteiger partial charge on any atom is 0.205 e. The van der Waals surface area contributed by atoms with Gasteiger partial charge in [0.1, 0.15) is 12.0 Å². The lowest BCUT2D eigenvalue weighted by atomic mass is 9.90. The molecule has 0 radical (unpaired) electrons. The number of ketones is 2. The van der Waals surface area contributed by atoms with E-state index >= 15 is 0 Å². The van der Waals surface area contributed by atoms with Gasteiger partial charge in [-0.1, -0.05) is 55.5 Å². The van der Waals surface area contributed by atoms with Crippen LogP contribution in [0.4, 0.5) is 0 Å². The summed E-state index contributed by atoms with van der Waals surface area (Å²) in [5.41, 5.74) is 5.52. The molecular weight excluding hydrogens is 336 g/mol. The molecule has 1 aliphatic carbocycles. The normalized spacial score (nSPS) is 13.3. The van der Waals surface area contributed by atoms with Crippen LogP contribution in [0.3, 0.4) is 0 Å². The molecule has 1 heterocycles. The van der Waals surface area contributed by atoms with Crippen molar-refractivity contribution in [1.82, 2.24) is 9.97 Å². The number of rotatable bonds is 4. The molecule has 0 amide bonds. The highest BCUT2D eigenvalue weighted by atomic mass is 16.1. The van der Waals surface area contributed by atoms with Crippen molar-refractivity contribution in [2.24, 2.45) is 0 Å². The van der Waals surface area contributed by atoms with Crippen molar-refractivity contribution < 1.29 is 9.59 Å². The summed E-state index contributed by atoms with van der Waals surface area (Å²) >= 11 is 0. The van der Waals surface area contributed by atoms with Gasteiger partial charge in [-0.05, 0) is 34.8 Å². The maximum absolute atomic E-state index is 12.6. The van der Waals surface area contributed by atoms with Gasteiger partial charge in [0.25, 0.3) is 0 Å². The molecule has 0 N–H and O–H groups in total. The first-order chi connectivity index (χ1) is 13.2. The average Bonchev–Trinajstić information content (AvgIpc) is 2.72. The van der Waals surface area contributed by atoms with E-state index in [4.69, 9.17) is 0 Å². The monoisotopic (exact) mass is 354 g/mol. The van der Waals surface area contributed by atoms with Crippen LogP contribution in [-0.4, -0.2) is 21.5 Å². The minimum Gasteiger partial charge on any atom is -0.289 e. The van der Waals surface area contributed by atoms with Crippen molar-refractivity contribution in [2.45, 2.75) is 19.8 Å². The van der Waals surface area contributed by atoms with Gasteiger partial charge in [-0.25, -0.2) is 9.97 Å². The largest absolute Gasteiger partial charge is 0.289 e. The standard InChI is InChI=1S/C23H18N2O2/c1-2-15-3-7-17(8-4-15)18-9-5-16(6-10-18)11-19-12-21(26)22-20(23(19)27)13-24-14-25-22/h3-10,12-14H,2,11H2,1H3. The smallest absolute Gasteiger partial charge is 0.205 e. The number of carbonyl (C=O) groups is 2. The summed E-state index contributed by atoms with van der Waals surface area (Å²) in [4.78, 5) is 32.6. The van der Waals surface area contributed by atoms with Gasteiger partial charge in [-0.15, -0.1) is 0 Å². The number of hydrogen-bond donors (Lipinski definition) is 0. The third-order valence-corrected chi connectivity index (χ3v) is 4.83. The van der Waals surface area contributed by atoms with Gasteiger partial charge < -0.3 is 0 Å². The van der Waals surface area contributed by atoms with Crippen LogP contribution in [0.15, 0.2) is 72.7 Å². The van der Waals surface area contributed by atoms with E-state index in [-0.39, 0.29) is 22.8 Å². The van der Waals surface area contributed by atoms with E-state index < -0.39 is 0 Å². The van der Waals surface area contributed by atoms with E-state index in [9.17, 15) is 9.59 Å². The fraction of sp³-hybridized carbons (Fsp3) is 0.130. The van der Waals surface area contributed by atoms with Crippen LogP contribution >= 0.6 is 0 Å². The van der Waals surface area contributed by atoms with Crippen LogP contribution in [0.5, 0.6) is 0 Å². The predicted octanol–water partition coefficient (Wildman–Crippen LogP) is 4.25. The number of aryl methyl sites for hydroxylation is 1. The molecule has 4 rings (SSSR count). The molecule has 0 fully saturated rings. The van der Waals surface area contributed by atoms with Gasteiger partial charge in [0.15, 0.2) is 5.78 Å². The van der Waals surface area contributed by atoms with Gasteiger partial charge in [0, 0.05) is 18.2 Å². The molecule has 0 aliphatic heterocycles. The Bertz CT molecular complexity index is 1050. The lowest BCUT2D eigenvalue weighted by Crippen LogP contribution is -2.20. The predicted molar refractivity (Wildman–Crippen MR) is 104 cm³/mol. The van der Waals surface area contributed by atoms with Crippen molar-refractivity contribution in [1.29, 1.82) is 0 Å². The van der Waals surface area contributed by atoms with Gasteiger partial charge in [-0.2, -0.15) is 0 Å². The van der Waals surface area contributed by atoms with Crippen LogP contribution in [0.25, 0.3) is 11.1 Å². The van der Waals surface area contributed by atoms with Gasteiger partial charge in [-0.3, -0.25) is 9.59 Å². The first-order valence-electron chi connectivity index (χ1n) is 8.93. The topological polar surface area (TPSA) is 59.9 Å². The lowest BCUT2D eigenvalue weighted by Gasteiger charge is -2.14. The molecule has 27 heavy (non-hydrogen) atoms. The lowest BCUT2D eigenvalue weighted by molar-refractivity contribution is 0.0978. The minimum atomic E-state index is -0.241. The molecule has 132 valence electrons. The van der Waals surface area contributed by atoms with E-state index in [1.165, 1.54) is 24.2 Å². The fourth-order valence-corrected chi connectivity index (χ4v) is 3.26. The van der Waals surface area contributed by atoms with Crippen LogP contribution in [-0.2, 0) is 12.8 Å².